The molecule has 1 heterocycles. The van der Waals surface area contributed by atoms with Crippen LogP contribution in [0.15, 0.2) is 12.4 Å². The summed E-state index contributed by atoms with van der Waals surface area (Å²) in [6.45, 7) is 4.48. The number of aryl methyl sites for hydroxylation is 1. The summed E-state index contributed by atoms with van der Waals surface area (Å²) in [7, 11) is 0. The molecule has 1 rings (SSSR count). The summed E-state index contributed by atoms with van der Waals surface area (Å²) in [6, 6.07) is 0. The molecule has 1 aromatic heterocycles. The van der Waals surface area contributed by atoms with Gasteiger partial charge >= 0.3 is 0 Å². The van der Waals surface area contributed by atoms with Gasteiger partial charge in [-0.05, 0) is 0 Å². The Morgan fingerprint density at radius 1 is 1.77 bits per heavy atom. The van der Waals surface area contributed by atoms with Crippen molar-refractivity contribution in [2.75, 3.05) is 0 Å². The van der Waals surface area contributed by atoms with Crippen molar-refractivity contribution in [2.24, 2.45) is 11.7 Å². The van der Waals surface area contributed by atoms with Crippen LogP contribution in [-0.2, 0) is 17.8 Å². The minimum Gasteiger partial charge on any atom is -0.369 e. The maximum Gasteiger partial charge on any atom is 0.222 e. The molecule has 1 aromatic rings. The average molecular weight is 181 g/mol. The van der Waals surface area contributed by atoms with Gasteiger partial charge in [-0.1, -0.05) is 13.8 Å². The second-order valence-corrected chi connectivity index (χ2v) is 3.15. The number of imidazole rings is 1. The minimum absolute atomic E-state index is 0.139. The molecule has 0 aromatic carbocycles. The molecule has 4 nitrogen and oxygen atoms in total. The van der Waals surface area contributed by atoms with Gasteiger partial charge in [-0.15, -0.1) is 0 Å². The lowest BCUT2D eigenvalue weighted by molar-refractivity contribution is -0.121. The van der Waals surface area contributed by atoms with Crippen molar-refractivity contribution in [3.63, 3.8) is 0 Å². The van der Waals surface area contributed by atoms with Gasteiger partial charge in [0.2, 0.25) is 5.91 Å². The van der Waals surface area contributed by atoms with Crippen LogP contribution in [0.25, 0.3) is 0 Å². The van der Waals surface area contributed by atoms with Crippen molar-refractivity contribution in [1.29, 1.82) is 0 Å². The van der Waals surface area contributed by atoms with Crippen LogP contribution >= 0.6 is 0 Å². The smallest absolute Gasteiger partial charge is 0.222 e. The van der Waals surface area contributed by atoms with E-state index >= 15 is 0 Å². The molecule has 0 fully saturated rings. The van der Waals surface area contributed by atoms with E-state index in [4.69, 9.17) is 5.73 Å². The van der Waals surface area contributed by atoms with Crippen molar-refractivity contribution in [3.8, 4) is 0 Å². The summed E-state index contributed by atoms with van der Waals surface area (Å²) >= 11 is 0. The predicted molar refractivity (Wildman–Crippen MR) is 50.0 cm³/mol. The molecule has 0 saturated carbocycles. The molecule has 1 unspecified atom stereocenters. The number of aromatic nitrogens is 2. The Labute approximate surface area is 77.8 Å². The number of carbonyl (C=O) groups is 1. The number of nitrogens with zero attached hydrogens (tertiary/aromatic N) is 2. The number of hydrogen-bond donors (Lipinski definition) is 1. The molecule has 0 aliphatic carbocycles. The predicted octanol–water partition coefficient (Wildman–Crippen LogP) is 0.567. The highest BCUT2D eigenvalue weighted by Gasteiger charge is 2.10. The van der Waals surface area contributed by atoms with Gasteiger partial charge in [0.1, 0.15) is 5.82 Å². The Bertz CT molecular complexity index is 293. The molecule has 13 heavy (non-hydrogen) atoms. The largest absolute Gasteiger partial charge is 0.369 e. The first-order chi connectivity index (χ1) is 6.15. The minimum atomic E-state index is -0.268. The van der Waals surface area contributed by atoms with Crippen molar-refractivity contribution in [2.45, 2.75) is 26.8 Å². The Morgan fingerprint density at radius 3 is 3.00 bits per heavy atom. The Kier molecular flexibility index (Phi) is 3.06. The summed E-state index contributed by atoms with van der Waals surface area (Å²) in [5.74, 6) is 0.586. The van der Waals surface area contributed by atoms with Gasteiger partial charge in [0.05, 0.1) is 5.92 Å². The molecule has 0 aliphatic rings. The zero-order valence-corrected chi connectivity index (χ0v) is 8.03. The fourth-order valence-electron chi connectivity index (χ4n) is 1.21. The Balaban J connectivity index is 2.68. The molecule has 0 bridgehead atoms. The molecule has 1 amide bonds. The molecule has 0 saturated heterocycles. The fourth-order valence-corrected chi connectivity index (χ4v) is 1.21. The van der Waals surface area contributed by atoms with Gasteiger partial charge < -0.3 is 10.3 Å². The van der Waals surface area contributed by atoms with Crippen LogP contribution in [0.2, 0.25) is 0 Å². The van der Waals surface area contributed by atoms with E-state index in [1.165, 1.54) is 0 Å². The lowest BCUT2D eigenvalue weighted by Crippen LogP contribution is -2.25. The number of primary amides is 1. The number of nitrogens with two attached hydrogens (primary N) is 1. The van der Waals surface area contributed by atoms with E-state index in [0.717, 1.165) is 12.2 Å². The molecule has 1 atom stereocenters. The first-order valence-electron chi connectivity index (χ1n) is 4.44. The SMILES string of the molecule is CCc1nccn1CC(C)C(N)=O. The van der Waals surface area contributed by atoms with E-state index in [0.29, 0.717) is 6.54 Å². The number of hydrogen-bond acceptors (Lipinski definition) is 2. The number of rotatable bonds is 4. The summed E-state index contributed by atoms with van der Waals surface area (Å²) < 4.78 is 1.97. The third-order valence-electron chi connectivity index (χ3n) is 2.07. The van der Waals surface area contributed by atoms with Crippen LogP contribution in [0.5, 0.6) is 0 Å². The molecular weight excluding hydrogens is 166 g/mol. The fraction of sp³-hybridized carbons (Fsp3) is 0.556. The molecular formula is C9H15N3O. The van der Waals surface area contributed by atoms with Gasteiger partial charge in [-0.2, -0.15) is 0 Å². The van der Waals surface area contributed by atoms with Gasteiger partial charge in [0.15, 0.2) is 0 Å². The van der Waals surface area contributed by atoms with Crippen molar-refractivity contribution >= 4 is 5.91 Å². The lowest BCUT2D eigenvalue weighted by atomic mass is 10.1. The molecule has 0 spiro atoms. The highest BCUT2D eigenvalue weighted by atomic mass is 16.1. The topological polar surface area (TPSA) is 60.9 Å². The van der Waals surface area contributed by atoms with Gasteiger partial charge in [0.25, 0.3) is 0 Å². The zero-order chi connectivity index (χ0) is 9.84. The van der Waals surface area contributed by atoms with E-state index in [9.17, 15) is 4.79 Å². The zero-order valence-electron chi connectivity index (χ0n) is 8.03. The maximum atomic E-state index is 10.8. The monoisotopic (exact) mass is 181 g/mol. The van der Waals surface area contributed by atoms with E-state index in [2.05, 4.69) is 4.98 Å². The van der Waals surface area contributed by atoms with Gasteiger partial charge in [-0.3, -0.25) is 4.79 Å². The molecule has 0 aliphatic heterocycles. The van der Waals surface area contributed by atoms with Gasteiger partial charge in [0, 0.05) is 25.4 Å². The molecule has 4 heteroatoms. The van der Waals surface area contributed by atoms with Crippen LogP contribution in [0.1, 0.15) is 19.7 Å². The number of carbonyl (C=O) groups excluding carboxylic acids is 1. The molecule has 2 N–H and O–H groups in total. The average Bonchev–Trinajstić information content (AvgIpc) is 2.51. The highest BCUT2D eigenvalue weighted by Crippen LogP contribution is 2.04. The third-order valence-corrected chi connectivity index (χ3v) is 2.07. The van der Waals surface area contributed by atoms with Crippen LogP contribution in [-0.4, -0.2) is 15.5 Å². The van der Waals surface area contributed by atoms with E-state index in [-0.39, 0.29) is 11.8 Å². The van der Waals surface area contributed by atoms with Crippen LogP contribution in [0.4, 0.5) is 0 Å². The number of amides is 1. The van der Waals surface area contributed by atoms with E-state index < -0.39 is 0 Å². The Hall–Kier alpha value is -1.32. The standard InChI is InChI=1S/C9H15N3O/c1-3-8-11-4-5-12(8)6-7(2)9(10)13/h4-5,7H,3,6H2,1-2H3,(H2,10,13). The van der Waals surface area contributed by atoms with E-state index in [1.54, 1.807) is 6.20 Å². The summed E-state index contributed by atoms with van der Waals surface area (Å²) in [5.41, 5.74) is 5.17. The first-order valence-corrected chi connectivity index (χ1v) is 4.44. The Morgan fingerprint density at radius 2 is 2.46 bits per heavy atom. The normalized spacial score (nSPS) is 12.8. The van der Waals surface area contributed by atoms with Crippen LogP contribution in [0, 0.1) is 5.92 Å². The van der Waals surface area contributed by atoms with Crippen LogP contribution < -0.4 is 5.73 Å². The summed E-state index contributed by atoms with van der Waals surface area (Å²) in [5, 5.41) is 0. The van der Waals surface area contributed by atoms with Crippen molar-refractivity contribution in [1.82, 2.24) is 9.55 Å². The second-order valence-electron chi connectivity index (χ2n) is 3.15. The molecule has 72 valence electrons. The molecule has 0 radical (unpaired) electrons. The summed E-state index contributed by atoms with van der Waals surface area (Å²) in [4.78, 5) is 15.0. The lowest BCUT2D eigenvalue weighted by Gasteiger charge is -2.10. The third kappa shape index (κ3) is 2.31. The highest BCUT2D eigenvalue weighted by molar-refractivity contribution is 5.76. The summed E-state index contributed by atoms with van der Waals surface area (Å²) in [6.07, 6.45) is 4.49. The second kappa shape index (κ2) is 4.07. The van der Waals surface area contributed by atoms with E-state index in [1.807, 2.05) is 24.6 Å². The maximum absolute atomic E-state index is 10.8. The quantitative estimate of drug-likeness (QED) is 0.738. The van der Waals surface area contributed by atoms with Crippen molar-refractivity contribution in [3.05, 3.63) is 18.2 Å². The van der Waals surface area contributed by atoms with Crippen molar-refractivity contribution < 1.29 is 4.79 Å². The van der Waals surface area contributed by atoms with Crippen LogP contribution in [0.3, 0.4) is 0 Å². The van der Waals surface area contributed by atoms with Gasteiger partial charge in [-0.25, -0.2) is 4.98 Å². The first kappa shape index (κ1) is 9.77.